The van der Waals surface area contributed by atoms with Crippen molar-refractivity contribution in [3.05, 3.63) is 29.8 Å². The number of ether oxygens (including phenoxy) is 1. The van der Waals surface area contributed by atoms with Gasteiger partial charge >= 0.3 is 0 Å². The second-order valence-electron chi connectivity index (χ2n) is 5.50. The van der Waals surface area contributed by atoms with Crippen molar-refractivity contribution in [3.63, 3.8) is 0 Å². The van der Waals surface area contributed by atoms with Crippen LogP contribution in [0.15, 0.2) is 24.3 Å². The molecule has 1 aromatic rings. The number of amides is 2. The van der Waals surface area contributed by atoms with Crippen LogP contribution in [0.2, 0.25) is 0 Å². The molecule has 5 nitrogen and oxygen atoms in total. The number of hydrogen-bond acceptors (Lipinski definition) is 3. The summed E-state index contributed by atoms with van der Waals surface area (Å²) in [5.74, 6) is 0.814. The molecule has 2 amide bonds. The topological polar surface area (TPSA) is 58.6 Å². The van der Waals surface area contributed by atoms with Gasteiger partial charge in [-0.05, 0) is 24.0 Å². The Morgan fingerprint density at radius 1 is 1.38 bits per heavy atom. The number of carbonyl (C=O) groups excluding carboxylic acids is 2. The normalized spacial score (nSPS) is 15.6. The first-order chi connectivity index (χ1) is 10.1. The molecule has 0 saturated carbocycles. The molecule has 21 heavy (non-hydrogen) atoms. The second kappa shape index (κ2) is 7.11. The van der Waals surface area contributed by atoms with Gasteiger partial charge in [0.05, 0.1) is 6.54 Å². The van der Waals surface area contributed by atoms with E-state index in [0.29, 0.717) is 19.0 Å². The molecule has 0 aromatic heterocycles. The molecule has 114 valence electrons. The maximum absolute atomic E-state index is 12.2. The molecule has 1 saturated heterocycles. The molecule has 5 heteroatoms. The highest BCUT2D eigenvalue weighted by molar-refractivity contribution is 5.85. The van der Waals surface area contributed by atoms with Crippen molar-refractivity contribution in [2.75, 3.05) is 26.2 Å². The van der Waals surface area contributed by atoms with E-state index < -0.39 is 0 Å². The van der Waals surface area contributed by atoms with Crippen LogP contribution in [-0.2, 0) is 9.59 Å². The maximum atomic E-state index is 12.2. The van der Waals surface area contributed by atoms with Crippen molar-refractivity contribution >= 4 is 11.8 Å². The minimum Gasteiger partial charge on any atom is -0.483 e. The number of carbonyl (C=O) groups is 2. The Morgan fingerprint density at radius 2 is 2.14 bits per heavy atom. The Kier molecular flexibility index (Phi) is 5.20. The van der Waals surface area contributed by atoms with Crippen LogP contribution >= 0.6 is 0 Å². The first kappa shape index (κ1) is 15.4. The Morgan fingerprint density at radius 3 is 2.90 bits per heavy atom. The van der Waals surface area contributed by atoms with Crippen molar-refractivity contribution < 1.29 is 14.3 Å². The summed E-state index contributed by atoms with van der Waals surface area (Å²) in [6, 6.07) is 7.73. The summed E-state index contributed by atoms with van der Waals surface area (Å²) in [6.45, 7) is 5.48. The van der Waals surface area contributed by atoms with E-state index in [1.165, 1.54) is 0 Å². The lowest BCUT2D eigenvalue weighted by molar-refractivity contribution is -0.136. The quantitative estimate of drug-likeness (QED) is 0.915. The monoisotopic (exact) mass is 290 g/mol. The molecular weight excluding hydrogens is 268 g/mol. The van der Waals surface area contributed by atoms with Crippen LogP contribution in [-0.4, -0.2) is 43.0 Å². The third-order valence-electron chi connectivity index (χ3n) is 3.51. The number of para-hydroxylation sites is 1. The molecule has 1 fully saturated rings. The number of rotatable bonds is 4. The van der Waals surface area contributed by atoms with Crippen LogP contribution in [0.4, 0.5) is 0 Å². The summed E-state index contributed by atoms with van der Waals surface area (Å²) in [4.78, 5) is 25.2. The smallest absolute Gasteiger partial charge is 0.260 e. The van der Waals surface area contributed by atoms with E-state index in [-0.39, 0.29) is 25.0 Å². The van der Waals surface area contributed by atoms with Gasteiger partial charge in [0.15, 0.2) is 6.61 Å². The fourth-order valence-corrected chi connectivity index (χ4v) is 2.34. The predicted octanol–water partition coefficient (Wildman–Crippen LogP) is 1.54. The van der Waals surface area contributed by atoms with Crippen LogP contribution in [0.25, 0.3) is 0 Å². The van der Waals surface area contributed by atoms with E-state index in [4.69, 9.17) is 4.74 Å². The molecule has 1 N–H and O–H groups in total. The minimum atomic E-state index is -0.148. The van der Waals surface area contributed by atoms with E-state index in [9.17, 15) is 9.59 Å². The average molecular weight is 290 g/mol. The molecule has 2 rings (SSSR count). The van der Waals surface area contributed by atoms with Crippen molar-refractivity contribution in [2.24, 2.45) is 0 Å². The molecule has 0 bridgehead atoms. The van der Waals surface area contributed by atoms with Gasteiger partial charge in [-0.15, -0.1) is 0 Å². The van der Waals surface area contributed by atoms with Crippen molar-refractivity contribution in [1.82, 2.24) is 10.2 Å². The van der Waals surface area contributed by atoms with E-state index in [0.717, 1.165) is 17.7 Å². The molecule has 0 spiro atoms. The summed E-state index contributed by atoms with van der Waals surface area (Å²) < 4.78 is 5.67. The molecule has 0 atom stereocenters. The number of nitrogens with zero attached hydrogens (tertiary/aromatic N) is 1. The number of hydrogen-bond donors (Lipinski definition) is 1. The SMILES string of the molecule is CC(C)c1ccccc1OCC(=O)N1CCCNC(=O)C1. The van der Waals surface area contributed by atoms with Crippen LogP contribution in [0.3, 0.4) is 0 Å². The molecule has 0 unspecified atom stereocenters. The summed E-state index contributed by atoms with van der Waals surface area (Å²) in [5, 5.41) is 2.75. The van der Waals surface area contributed by atoms with Crippen molar-refractivity contribution in [3.8, 4) is 5.75 Å². The van der Waals surface area contributed by atoms with Crippen LogP contribution in [0.5, 0.6) is 5.75 Å². The van der Waals surface area contributed by atoms with Gasteiger partial charge in [-0.2, -0.15) is 0 Å². The highest BCUT2D eigenvalue weighted by Crippen LogP contribution is 2.25. The van der Waals surface area contributed by atoms with E-state index in [1.807, 2.05) is 24.3 Å². The highest BCUT2D eigenvalue weighted by Gasteiger charge is 2.20. The van der Waals surface area contributed by atoms with Crippen LogP contribution in [0.1, 0.15) is 31.7 Å². The Labute approximate surface area is 125 Å². The zero-order chi connectivity index (χ0) is 15.2. The van der Waals surface area contributed by atoms with E-state index in [2.05, 4.69) is 19.2 Å². The van der Waals surface area contributed by atoms with Gasteiger partial charge in [-0.3, -0.25) is 9.59 Å². The summed E-state index contributed by atoms with van der Waals surface area (Å²) in [6.07, 6.45) is 0.778. The van der Waals surface area contributed by atoms with Crippen LogP contribution < -0.4 is 10.1 Å². The molecular formula is C16H22N2O3. The van der Waals surface area contributed by atoms with Crippen molar-refractivity contribution in [1.29, 1.82) is 0 Å². The average Bonchev–Trinajstić information content (AvgIpc) is 2.69. The first-order valence-electron chi connectivity index (χ1n) is 7.34. The Bertz CT molecular complexity index is 514. The standard InChI is InChI=1S/C16H22N2O3/c1-12(2)13-6-3-4-7-14(13)21-11-16(20)18-9-5-8-17-15(19)10-18/h3-4,6-7,12H,5,8-11H2,1-2H3,(H,17,19). The molecule has 0 radical (unpaired) electrons. The third-order valence-corrected chi connectivity index (χ3v) is 3.51. The van der Waals surface area contributed by atoms with Gasteiger partial charge in [0.2, 0.25) is 5.91 Å². The summed E-state index contributed by atoms with van der Waals surface area (Å²) >= 11 is 0. The first-order valence-corrected chi connectivity index (χ1v) is 7.34. The maximum Gasteiger partial charge on any atom is 0.260 e. The van der Waals surface area contributed by atoms with Crippen molar-refractivity contribution in [2.45, 2.75) is 26.2 Å². The highest BCUT2D eigenvalue weighted by atomic mass is 16.5. The van der Waals surface area contributed by atoms with Gasteiger partial charge in [-0.25, -0.2) is 0 Å². The van der Waals surface area contributed by atoms with Crippen LogP contribution in [0, 0.1) is 0 Å². The van der Waals surface area contributed by atoms with Gasteiger partial charge in [-0.1, -0.05) is 32.0 Å². The zero-order valence-corrected chi connectivity index (χ0v) is 12.6. The molecule has 0 aliphatic carbocycles. The van der Waals surface area contributed by atoms with Gasteiger partial charge < -0.3 is 15.0 Å². The van der Waals surface area contributed by atoms with E-state index >= 15 is 0 Å². The molecule has 1 aliphatic rings. The third kappa shape index (κ3) is 4.21. The predicted molar refractivity (Wildman–Crippen MR) is 80.2 cm³/mol. The number of nitrogens with one attached hydrogen (secondary N) is 1. The molecule has 1 aromatic carbocycles. The lowest BCUT2D eigenvalue weighted by Gasteiger charge is -2.20. The fraction of sp³-hybridized carbons (Fsp3) is 0.500. The lowest BCUT2D eigenvalue weighted by Crippen LogP contribution is -2.39. The second-order valence-corrected chi connectivity index (χ2v) is 5.50. The Balaban J connectivity index is 1.96. The molecule has 1 heterocycles. The summed E-state index contributed by atoms with van der Waals surface area (Å²) in [5.41, 5.74) is 1.08. The minimum absolute atomic E-state index is 0.0307. The summed E-state index contributed by atoms with van der Waals surface area (Å²) in [7, 11) is 0. The van der Waals surface area contributed by atoms with Gasteiger partial charge in [0.1, 0.15) is 5.75 Å². The van der Waals surface area contributed by atoms with Gasteiger partial charge in [0, 0.05) is 13.1 Å². The van der Waals surface area contributed by atoms with E-state index in [1.54, 1.807) is 4.90 Å². The largest absolute Gasteiger partial charge is 0.483 e. The van der Waals surface area contributed by atoms with Gasteiger partial charge in [0.25, 0.3) is 5.91 Å². The zero-order valence-electron chi connectivity index (χ0n) is 12.6. The Hall–Kier alpha value is -2.04. The fourth-order valence-electron chi connectivity index (χ4n) is 2.34. The number of benzene rings is 1. The molecule has 1 aliphatic heterocycles. The lowest BCUT2D eigenvalue weighted by atomic mass is 10.0.